The molecule has 0 bridgehead atoms. The van der Waals surface area contributed by atoms with Crippen LogP contribution in [0.4, 0.5) is 11.4 Å². The number of aryl methyl sites for hydroxylation is 2. The van der Waals surface area contributed by atoms with Gasteiger partial charge in [-0.25, -0.2) is 4.98 Å². The molecule has 3 rings (SSSR count). The van der Waals surface area contributed by atoms with E-state index in [-0.39, 0.29) is 16.6 Å². The molecule has 25 heavy (non-hydrogen) atoms. The third kappa shape index (κ3) is 3.65. The summed E-state index contributed by atoms with van der Waals surface area (Å²) < 4.78 is 1.30. The van der Waals surface area contributed by atoms with E-state index in [1.54, 1.807) is 13.1 Å². The van der Waals surface area contributed by atoms with Gasteiger partial charge in [-0.05, 0) is 24.5 Å². The predicted octanol–water partition coefficient (Wildman–Crippen LogP) is 2.89. The van der Waals surface area contributed by atoms with Gasteiger partial charge in [0.1, 0.15) is 5.69 Å². The van der Waals surface area contributed by atoms with E-state index in [1.807, 2.05) is 18.2 Å². The van der Waals surface area contributed by atoms with Crippen LogP contribution >= 0.6 is 0 Å². The molecule has 0 radical (unpaired) electrons. The lowest BCUT2D eigenvalue weighted by Gasteiger charge is -2.09. The van der Waals surface area contributed by atoms with Crippen molar-refractivity contribution in [3.8, 4) is 0 Å². The molecule has 1 heterocycles. The van der Waals surface area contributed by atoms with Gasteiger partial charge in [0.2, 0.25) is 0 Å². The minimum Gasteiger partial charge on any atom is -0.379 e. The summed E-state index contributed by atoms with van der Waals surface area (Å²) in [7, 11) is 1.57. The molecule has 0 spiro atoms. The Morgan fingerprint density at radius 3 is 2.72 bits per heavy atom. The van der Waals surface area contributed by atoms with Gasteiger partial charge in [-0.15, -0.1) is 0 Å². The maximum Gasteiger partial charge on any atom is 0.293 e. The van der Waals surface area contributed by atoms with Gasteiger partial charge in [0.25, 0.3) is 11.2 Å². The lowest BCUT2D eigenvalue weighted by atomic mass is 10.1. The van der Waals surface area contributed by atoms with Gasteiger partial charge in [0, 0.05) is 19.7 Å². The fraction of sp³-hybridized carbons (Fsp3) is 0.222. The number of fused-ring (bicyclic) bond motifs is 1. The summed E-state index contributed by atoms with van der Waals surface area (Å²) >= 11 is 0. The summed E-state index contributed by atoms with van der Waals surface area (Å²) in [5, 5.41) is 14.7. The standard InChI is InChI=1S/C18H18N4O3/c1-21-12-20-15-11-16(17(22(24)25)10-14(15)18(21)23)19-9-5-8-13-6-3-2-4-7-13/h2-4,6-7,10-12,19H,5,8-9H2,1H3. The van der Waals surface area contributed by atoms with E-state index < -0.39 is 4.92 Å². The second kappa shape index (κ2) is 7.12. The molecule has 1 aromatic heterocycles. The van der Waals surface area contributed by atoms with E-state index in [0.29, 0.717) is 17.7 Å². The van der Waals surface area contributed by atoms with Gasteiger partial charge >= 0.3 is 0 Å². The topological polar surface area (TPSA) is 90.1 Å². The highest BCUT2D eigenvalue weighted by Gasteiger charge is 2.17. The van der Waals surface area contributed by atoms with Crippen molar-refractivity contribution in [2.75, 3.05) is 11.9 Å². The van der Waals surface area contributed by atoms with Crippen LogP contribution in [-0.2, 0) is 13.5 Å². The second-order valence-corrected chi connectivity index (χ2v) is 5.82. The molecule has 3 aromatic rings. The summed E-state index contributed by atoms with van der Waals surface area (Å²) in [6.45, 7) is 0.589. The summed E-state index contributed by atoms with van der Waals surface area (Å²) in [4.78, 5) is 27.2. The molecule has 7 heteroatoms. The summed E-state index contributed by atoms with van der Waals surface area (Å²) in [6.07, 6.45) is 3.13. The van der Waals surface area contributed by atoms with E-state index in [2.05, 4.69) is 22.4 Å². The molecule has 128 valence electrons. The van der Waals surface area contributed by atoms with Crippen molar-refractivity contribution in [2.24, 2.45) is 7.05 Å². The van der Waals surface area contributed by atoms with E-state index in [4.69, 9.17) is 0 Å². The van der Waals surface area contributed by atoms with Gasteiger partial charge in [-0.3, -0.25) is 14.9 Å². The highest BCUT2D eigenvalue weighted by molar-refractivity contribution is 5.86. The number of nitro groups is 1. The van der Waals surface area contributed by atoms with Crippen LogP contribution in [0, 0.1) is 10.1 Å². The highest BCUT2D eigenvalue weighted by atomic mass is 16.6. The third-order valence-electron chi connectivity index (χ3n) is 4.03. The van der Waals surface area contributed by atoms with Crippen molar-refractivity contribution in [1.29, 1.82) is 0 Å². The summed E-state index contributed by atoms with van der Waals surface area (Å²) in [5.74, 6) is 0. The fourth-order valence-electron chi connectivity index (χ4n) is 2.70. The van der Waals surface area contributed by atoms with Crippen LogP contribution < -0.4 is 10.9 Å². The van der Waals surface area contributed by atoms with Gasteiger partial charge in [0.15, 0.2) is 0 Å². The maximum absolute atomic E-state index is 12.1. The zero-order chi connectivity index (χ0) is 17.8. The van der Waals surface area contributed by atoms with Crippen LogP contribution in [0.15, 0.2) is 53.6 Å². The first-order valence-electron chi connectivity index (χ1n) is 7.98. The first-order valence-corrected chi connectivity index (χ1v) is 7.98. The zero-order valence-corrected chi connectivity index (χ0v) is 13.8. The Bertz CT molecular complexity index is 967. The number of anilines is 1. The second-order valence-electron chi connectivity index (χ2n) is 5.82. The van der Waals surface area contributed by atoms with Crippen molar-refractivity contribution in [3.05, 3.63) is 74.8 Å². The van der Waals surface area contributed by atoms with Crippen LogP contribution in [0.3, 0.4) is 0 Å². The molecule has 0 saturated carbocycles. The molecule has 1 N–H and O–H groups in total. The van der Waals surface area contributed by atoms with Crippen molar-refractivity contribution in [2.45, 2.75) is 12.8 Å². The smallest absolute Gasteiger partial charge is 0.293 e. The van der Waals surface area contributed by atoms with Crippen molar-refractivity contribution in [1.82, 2.24) is 9.55 Å². The number of hydrogen-bond donors (Lipinski definition) is 1. The van der Waals surface area contributed by atoms with E-state index in [9.17, 15) is 14.9 Å². The molecule has 0 aliphatic carbocycles. The first-order chi connectivity index (χ1) is 12.1. The van der Waals surface area contributed by atoms with Crippen LogP contribution in [0.2, 0.25) is 0 Å². The Kier molecular flexibility index (Phi) is 4.74. The Hall–Kier alpha value is -3.22. The van der Waals surface area contributed by atoms with Gasteiger partial charge in [-0.2, -0.15) is 0 Å². The van der Waals surface area contributed by atoms with Crippen molar-refractivity contribution >= 4 is 22.3 Å². The summed E-state index contributed by atoms with van der Waals surface area (Å²) in [6, 6.07) is 12.9. The van der Waals surface area contributed by atoms with E-state index in [1.165, 1.54) is 22.5 Å². The van der Waals surface area contributed by atoms with Gasteiger partial charge in [0.05, 0.1) is 22.2 Å². The van der Waals surface area contributed by atoms with Crippen LogP contribution in [0.5, 0.6) is 0 Å². The number of rotatable bonds is 6. The molecule has 0 fully saturated rings. The molecular weight excluding hydrogens is 320 g/mol. The lowest BCUT2D eigenvalue weighted by molar-refractivity contribution is -0.383. The molecule has 0 aliphatic heterocycles. The lowest BCUT2D eigenvalue weighted by Crippen LogP contribution is -2.17. The van der Waals surface area contributed by atoms with Gasteiger partial charge < -0.3 is 9.88 Å². The minimum absolute atomic E-state index is 0.114. The van der Waals surface area contributed by atoms with Crippen LogP contribution in [0.1, 0.15) is 12.0 Å². The monoisotopic (exact) mass is 338 g/mol. The fourth-order valence-corrected chi connectivity index (χ4v) is 2.70. The SMILES string of the molecule is Cn1cnc2cc(NCCCc3ccccc3)c([N+](=O)[O-])cc2c1=O. The normalized spacial score (nSPS) is 10.8. The molecule has 0 amide bonds. The molecule has 0 atom stereocenters. The Balaban J connectivity index is 1.80. The maximum atomic E-state index is 12.1. The first kappa shape index (κ1) is 16.6. The number of hydrogen-bond acceptors (Lipinski definition) is 5. The average molecular weight is 338 g/mol. The van der Waals surface area contributed by atoms with E-state index >= 15 is 0 Å². The number of nitrogens with one attached hydrogen (secondary N) is 1. The van der Waals surface area contributed by atoms with Crippen molar-refractivity contribution < 1.29 is 4.92 Å². The molecule has 0 saturated heterocycles. The zero-order valence-electron chi connectivity index (χ0n) is 13.8. The molecular formula is C18H18N4O3. The molecule has 0 aliphatic rings. The Morgan fingerprint density at radius 2 is 2.00 bits per heavy atom. The third-order valence-corrected chi connectivity index (χ3v) is 4.03. The summed E-state index contributed by atoms with van der Waals surface area (Å²) in [5.41, 5.74) is 1.63. The molecule has 7 nitrogen and oxygen atoms in total. The minimum atomic E-state index is -0.481. The molecule has 0 unspecified atom stereocenters. The average Bonchev–Trinajstić information content (AvgIpc) is 2.62. The van der Waals surface area contributed by atoms with Crippen LogP contribution in [0.25, 0.3) is 10.9 Å². The largest absolute Gasteiger partial charge is 0.379 e. The number of nitro benzene ring substituents is 1. The number of benzene rings is 2. The number of nitrogens with zero attached hydrogens (tertiary/aromatic N) is 3. The number of aromatic nitrogens is 2. The predicted molar refractivity (Wildman–Crippen MR) is 96.9 cm³/mol. The van der Waals surface area contributed by atoms with Crippen LogP contribution in [-0.4, -0.2) is 21.0 Å². The quantitative estimate of drug-likeness (QED) is 0.424. The Morgan fingerprint density at radius 1 is 1.24 bits per heavy atom. The van der Waals surface area contributed by atoms with Crippen molar-refractivity contribution in [3.63, 3.8) is 0 Å². The Labute approximate surface area is 144 Å². The highest BCUT2D eigenvalue weighted by Crippen LogP contribution is 2.28. The van der Waals surface area contributed by atoms with Gasteiger partial charge in [-0.1, -0.05) is 30.3 Å². The molecule has 2 aromatic carbocycles. The van der Waals surface area contributed by atoms with E-state index in [0.717, 1.165) is 12.8 Å².